The molecule has 1 aliphatic heterocycles. The van der Waals surface area contributed by atoms with Gasteiger partial charge in [0.1, 0.15) is 0 Å². The van der Waals surface area contributed by atoms with E-state index < -0.39 is 10.0 Å². The molecule has 1 fully saturated rings. The molecule has 0 saturated carbocycles. The van der Waals surface area contributed by atoms with Crippen molar-refractivity contribution in [2.45, 2.75) is 17.2 Å². The molecular formula is C27H32ClN3O2S. The largest absolute Gasteiger partial charge is 0.369 e. The zero-order chi connectivity index (χ0) is 24.0. The molecule has 3 aromatic rings. The molecular weight excluding hydrogens is 466 g/mol. The van der Waals surface area contributed by atoms with Gasteiger partial charge in [-0.25, -0.2) is 12.7 Å². The van der Waals surface area contributed by atoms with Crippen molar-refractivity contribution in [3.63, 3.8) is 0 Å². The van der Waals surface area contributed by atoms with Gasteiger partial charge in [0.25, 0.3) is 0 Å². The third-order valence-corrected chi connectivity index (χ3v) is 8.61. The van der Waals surface area contributed by atoms with Gasteiger partial charge in [-0.1, -0.05) is 60.1 Å². The van der Waals surface area contributed by atoms with E-state index in [1.54, 1.807) is 31.3 Å². The molecule has 0 aliphatic carbocycles. The van der Waals surface area contributed by atoms with Gasteiger partial charge in [0.2, 0.25) is 10.0 Å². The summed E-state index contributed by atoms with van der Waals surface area (Å²) in [6.45, 7) is 5.30. The van der Waals surface area contributed by atoms with Gasteiger partial charge in [-0.15, -0.1) is 0 Å². The van der Waals surface area contributed by atoms with Crippen LogP contribution in [-0.2, 0) is 10.0 Å². The number of hydrogen-bond acceptors (Lipinski definition) is 4. The predicted molar refractivity (Wildman–Crippen MR) is 140 cm³/mol. The van der Waals surface area contributed by atoms with Crippen LogP contribution < -0.4 is 4.90 Å². The summed E-state index contributed by atoms with van der Waals surface area (Å²) >= 11 is 6.29. The number of anilines is 1. The highest BCUT2D eigenvalue weighted by Crippen LogP contribution is 2.27. The Balaban J connectivity index is 1.42. The number of likely N-dealkylation sites (N-methyl/N-ethyl adjacent to an activating group) is 1. The maximum atomic E-state index is 13.1. The van der Waals surface area contributed by atoms with Crippen molar-refractivity contribution in [2.75, 3.05) is 51.2 Å². The quantitative estimate of drug-likeness (QED) is 0.419. The minimum atomic E-state index is -3.55. The lowest BCUT2D eigenvalue weighted by Gasteiger charge is -2.37. The molecule has 5 nitrogen and oxygen atoms in total. The van der Waals surface area contributed by atoms with E-state index in [2.05, 4.69) is 34.1 Å². The molecule has 0 amide bonds. The van der Waals surface area contributed by atoms with Crippen LogP contribution in [0, 0.1) is 0 Å². The van der Waals surface area contributed by atoms with E-state index in [-0.39, 0.29) is 5.92 Å². The van der Waals surface area contributed by atoms with Gasteiger partial charge in [-0.3, -0.25) is 4.90 Å². The second-order valence-corrected chi connectivity index (χ2v) is 11.3. The van der Waals surface area contributed by atoms with Crippen LogP contribution in [-0.4, -0.2) is 63.9 Å². The Kier molecular flexibility index (Phi) is 8.27. The molecule has 0 unspecified atom stereocenters. The molecule has 7 heteroatoms. The van der Waals surface area contributed by atoms with Crippen LogP contribution in [0.15, 0.2) is 89.8 Å². The Labute approximate surface area is 208 Å². The summed E-state index contributed by atoms with van der Waals surface area (Å²) in [6, 6.07) is 27.0. The fourth-order valence-corrected chi connectivity index (χ4v) is 5.95. The second kappa shape index (κ2) is 11.4. The number of hydrogen-bond donors (Lipinski definition) is 0. The van der Waals surface area contributed by atoms with E-state index in [0.29, 0.717) is 16.5 Å². The molecule has 4 rings (SSSR count). The predicted octanol–water partition coefficient (Wildman–Crippen LogP) is 4.96. The van der Waals surface area contributed by atoms with E-state index in [0.717, 1.165) is 44.7 Å². The smallest absolute Gasteiger partial charge is 0.242 e. The van der Waals surface area contributed by atoms with Gasteiger partial charge in [0.05, 0.1) is 4.90 Å². The first-order chi connectivity index (χ1) is 16.4. The number of nitrogens with zero attached hydrogens (tertiary/aromatic N) is 3. The van der Waals surface area contributed by atoms with Crippen LogP contribution in [0.1, 0.15) is 17.9 Å². The summed E-state index contributed by atoms with van der Waals surface area (Å²) in [5, 5.41) is 0.674. The molecule has 0 spiro atoms. The monoisotopic (exact) mass is 497 g/mol. The summed E-state index contributed by atoms with van der Waals surface area (Å²) in [5.74, 6) is 0.0503. The molecule has 180 valence electrons. The van der Waals surface area contributed by atoms with Gasteiger partial charge < -0.3 is 4.90 Å². The molecule has 1 heterocycles. The van der Waals surface area contributed by atoms with Crippen LogP contribution in [0.5, 0.6) is 0 Å². The molecule has 0 radical (unpaired) electrons. The van der Waals surface area contributed by atoms with Gasteiger partial charge >= 0.3 is 0 Å². The number of sulfonamides is 1. The molecule has 3 aromatic carbocycles. The zero-order valence-electron chi connectivity index (χ0n) is 19.6. The Hall–Kier alpha value is -2.38. The van der Waals surface area contributed by atoms with Crippen molar-refractivity contribution in [3.8, 4) is 0 Å². The van der Waals surface area contributed by atoms with Crippen molar-refractivity contribution >= 4 is 27.3 Å². The van der Waals surface area contributed by atoms with Gasteiger partial charge in [0, 0.05) is 50.5 Å². The van der Waals surface area contributed by atoms with Crippen LogP contribution in [0.25, 0.3) is 0 Å². The van der Waals surface area contributed by atoms with Gasteiger partial charge in [-0.05, 0) is 60.8 Å². The number of piperazine rings is 1. The fourth-order valence-electron chi connectivity index (χ4n) is 4.51. The lowest BCUT2D eigenvalue weighted by atomic mass is 9.95. The highest BCUT2D eigenvalue weighted by molar-refractivity contribution is 7.89. The third-order valence-electron chi connectivity index (χ3n) is 6.54. The van der Waals surface area contributed by atoms with E-state index in [4.69, 9.17) is 11.6 Å². The Bertz CT molecular complexity index is 1150. The molecule has 1 saturated heterocycles. The van der Waals surface area contributed by atoms with Crippen LogP contribution in [0.3, 0.4) is 0 Å². The fraction of sp³-hybridized carbons (Fsp3) is 0.333. The van der Waals surface area contributed by atoms with E-state index in [1.165, 1.54) is 9.99 Å². The summed E-state index contributed by atoms with van der Waals surface area (Å²) in [6.07, 6.45) is 0.861. The second-order valence-electron chi connectivity index (χ2n) is 8.80. The van der Waals surface area contributed by atoms with Crippen LogP contribution in [0.4, 0.5) is 5.69 Å². The van der Waals surface area contributed by atoms with E-state index in [1.807, 2.05) is 36.4 Å². The number of rotatable bonds is 9. The van der Waals surface area contributed by atoms with E-state index in [9.17, 15) is 8.42 Å². The average Bonchev–Trinajstić information content (AvgIpc) is 2.87. The molecule has 0 aromatic heterocycles. The molecule has 34 heavy (non-hydrogen) atoms. The summed E-state index contributed by atoms with van der Waals surface area (Å²) in [7, 11) is -1.89. The molecule has 0 bridgehead atoms. The normalized spacial score (nSPS) is 16.0. The van der Waals surface area contributed by atoms with Crippen molar-refractivity contribution in [1.29, 1.82) is 0 Å². The molecule has 0 N–H and O–H groups in total. The van der Waals surface area contributed by atoms with Crippen molar-refractivity contribution < 1.29 is 8.42 Å². The zero-order valence-corrected chi connectivity index (χ0v) is 21.1. The SMILES string of the molecule is CN(C[C@@H](CCN1CCN(c2ccccc2)CC1)c1cccc(Cl)c1)S(=O)(=O)c1ccccc1. The Morgan fingerprint density at radius 2 is 1.53 bits per heavy atom. The minimum absolute atomic E-state index is 0.0503. The number of benzene rings is 3. The van der Waals surface area contributed by atoms with Gasteiger partial charge in [0.15, 0.2) is 0 Å². The molecule has 1 atom stereocenters. The highest BCUT2D eigenvalue weighted by atomic mass is 35.5. The average molecular weight is 498 g/mol. The topological polar surface area (TPSA) is 43.9 Å². The maximum absolute atomic E-state index is 13.1. The van der Waals surface area contributed by atoms with Crippen molar-refractivity contribution in [1.82, 2.24) is 9.21 Å². The third kappa shape index (κ3) is 6.19. The minimum Gasteiger partial charge on any atom is -0.369 e. The first kappa shape index (κ1) is 24.7. The van der Waals surface area contributed by atoms with Crippen LogP contribution in [0.2, 0.25) is 5.02 Å². The highest BCUT2D eigenvalue weighted by Gasteiger charge is 2.26. The standard InChI is InChI=1S/C27H32ClN3O2S/c1-29(34(32,33)27-13-6-3-7-14-27)22-24(23-9-8-10-25(28)21-23)15-16-30-17-19-31(20-18-30)26-11-4-2-5-12-26/h2-14,21,24H,15-20,22H2,1H3/t24-/m1/s1. The maximum Gasteiger partial charge on any atom is 0.242 e. The lowest BCUT2D eigenvalue weighted by molar-refractivity contribution is 0.244. The summed E-state index contributed by atoms with van der Waals surface area (Å²) in [5.41, 5.74) is 2.34. The summed E-state index contributed by atoms with van der Waals surface area (Å²) in [4.78, 5) is 5.22. The molecule has 1 aliphatic rings. The number of halogens is 1. The van der Waals surface area contributed by atoms with Crippen molar-refractivity contribution in [3.05, 3.63) is 95.5 Å². The first-order valence-corrected chi connectivity index (χ1v) is 13.5. The van der Waals surface area contributed by atoms with Gasteiger partial charge in [-0.2, -0.15) is 0 Å². The van der Waals surface area contributed by atoms with E-state index >= 15 is 0 Å². The lowest BCUT2D eigenvalue weighted by Crippen LogP contribution is -2.47. The Morgan fingerprint density at radius 3 is 2.18 bits per heavy atom. The summed E-state index contributed by atoms with van der Waals surface area (Å²) < 4.78 is 27.7. The first-order valence-electron chi connectivity index (χ1n) is 11.7. The van der Waals surface area contributed by atoms with Crippen molar-refractivity contribution in [2.24, 2.45) is 0 Å². The number of para-hydroxylation sites is 1. The Morgan fingerprint density at radius 1 is 0.882 bits per heavy atom. The van der Waals surface area contributed by atoms with Crippen LogP contribution >= 0.6 is 11.6 Å².